The van der Waals surface area contributed by atoms with Crippen molar-refractivity contribution in [3.05, 3.63) is 71.8 Å². The SMILES string of the molecule is CC(C)(C)OC(=O)N[C@@H](COCc1ccccc1)C(=O)N[C@@H](COCc1ccccc1)C(=O)NN. The Labute approximate surface area is 205 Å². The molecule has 10 heteroatoms. The lowest BCUT2D eigenvalue weighted by Gasteiger charge is -2.25. The van der Waals surface area contributed by atoms with Crippen LogP contribution in [0.3, 0.4) is 0 Å². The summed E-state index contributed by atoms with van der Waals surface area (Å²) in [4.78, 5) is 37.6. The molecule has 3 amide bonds. The van der Waals surface area contributed by atoms with Crippen LogP contribution >= 0.6 is 0 Å². The van der Waals surface area contributed by atoms with Crippen LogP contribution < -0.4 is 21.9 Å². The van der Waals surface area contributed by atoms with E-state index in [1.165, 1.54) is 0 Å². The smallest absolute Gasteiger partial charge is 0.408 e. The number of carbonyl (C=O) groups is 3. The molecule has 2 atom stereocenters. The van der Waals surface area contributed by atoms with E-state index < -0.39 is 35.6 Å². The number of hydrogen-bond acceptors (Lipinski definition) is 7. The third-order valence-electron chi connectivity index (χ3n) is 4.57. The molecule has 190 valence electrons. The van der Waals surface area contributed by atoms with E-state index >= 15 is 0 Å². The molecule has 0 fully saturated rings. The van der Waals surface area contributed by atoms with E-state index in [1.54, 1.807) is 20.8 Å². The van der Waals surface area contributed by atoms with Gasteiger partial charge in [0.25, 0.3) is 5.91 Å². The zero-order valence-corrected chi connectivity index (χ0v) is 20.3. The highest BCUT2D eigenvalue weighted by Crippen LogP contribution is 2.08. The van der Waals surface area contributed by atoms with E-state index in [9.17, 15) is 14.4 Å². The Morgan fingerprint density at radius 3 is 1.66 bits per heavy atom. The highest BCUT2D eigenvalue weighted by molar-refractivity contribution is 5.91. The van der Waals surface area contributed by atoms with Crippen molar-refractivity contribution in [2.45, 2.75) is 51.7 Å². The summed E-state index contributed by atoms with van der Waals surface area (Å²) in [7, 11) is 0. The minimum Gasteiger partial charge on any atom is -0.444 e. The zero-order chi connectivity index (χ0) is 25.7. The summed E-state index contributed by atoms with van der Waals surface area (Å²) in [6, 6.07) is 16.5. The quantitative estimate of drug-likeness (QED) is 0.204. The molecule has 35 heavy (non-hydrogen) atoms. The van der Waals surface area contributed by atoms with Crippen LogP contribution in [0.25, 0.3) is 0 Å². The number of hydrogen-bond donors (Lipinski definition) is 4. The lowest BCUT2D eigenvalue weighted by molar-refractivity contribution is -0.132. The fourth-order valence-electron chi connectivity index (χ4n) is 2.93. The van der Waals surface area contributed by atoms with Gasteiger partial charge in [-0.1, -0.05) is 60.7 Å². The maximum Gasteiger partial charge on any atom is 0.408 e. The molecule has 0 bridgehead atoms. The average Bonchev–Trinajstić information content (AvgIpc) is 2.82. The Balaban J connectivity index is 2.01. The van der Waals surface area contributed by atoms with Gasteiger partial charge in [0.1, 0.15) is 17.7 Å². The number of amides is 3. The van der Waals surface area contributed by atoms with Gasteiger partial charge in [0.2, 0.25) is 5.91 Å². The van der Waals surface area contributed by atoms with Crippen LogP contribution in [-0.4, -0.2) is 48.8 Å². The first kappa shape index (κ1) is 27.8. The highest BCUT2D eigenvalue weighted by Gasteiger charge is 2.28. The van der Waals surface area contributed by atoms with Crippen LogP contribution in [0, 0.1) is 0 Å². The molecule has 0 aliphatic carbocycles. The predicted octanol–water partition coefficient (Wildman–Crippen LogP) is 1.79. The monoisotopic (exact) mass is 486 g/mol. The van der Waals surface area contributed by atoms with Gasteiger partial charge in [-0.3, -0.25) is 15.0 Å². The Hall–Kier alpha value is -3.47. The first-order valence-corrected chi connectivity index (χ1v) is 11.2. The van der Waals surface area contributed by atoms with Crippen molar-refractivity contribution in [3.63, 3.8) is 0 Å². The van der Waals surface area contributed by atoms with E-state index in [1.807, 2.05) is 66.1 Å². The minimum absolute atomic E-state index is 0.131. The third-order valence-corrected chi connectivity index (χ3v) is 4.57. The van der Waals surface area contributed by atoms with Gasteiger partial charge in [0.15, 0.2) is 0 Å². The van der Waals surface area contributed by atoms with Crippen molar-refractivity contribution in [3.8, 4) is 0 Å². The topological polar surface area (TPSA) is 141 Å². The van der Waals surface area contributed by atoms with Gasteiger partial charge in [-0.15, -0.1) is 0 Å². The van der Waals surface area contributed by atoms with Crippen LogP contribution in [0.1, 0.15) is 31.9 Å². The van der Waals surface area contributed by atoms with Gasteiger partial charge >= 0.3 is 6.09 Å². The summed E-state index contributed by atoms with van der Waals surface area (Å²) >= 11 is 0. The number of nitrogens with one attached hydrogen (secondary N) is 3. The van der Waals surface area contributed by atoms with E-state index in [-0.39, 0.29) is 26.4 Å². The van der Waals surface area contributed by atoms with E-state index in [4.69, 9.17) is 20.1 Å². The Morgan fingerprint density at radius 1 is 0.771 bits per heavy atom. The first-order valence-electron chi connectivity index (χ1n) is 11.2. The standard InChI is InChI=1S/C25H34N4O6/c1-25(2,3)35-24(32)28-20(16-33-14-18-10-6-4-7-11-18)22(30)27-21(23(31)29-26)17-34-15-19-12-8-5-9-13-19/h4-13,20-21H,14-17,26H2,1-3H3,(H,27,30)(H,28,32)(H,29,31)/t20-,21-/m0/s1. The number of carbonyl (C=O) groups excluding carboxylic acids is 3. The van der Waals surface area contributed by atoms with Gasteiger partial charge in [0, 0.05) is 0 Å². The Bertz CT molecular complexity index is 934. The van der Waals surface area contributed by atoms with Crippen LogP contribution in [0.5, 0.6) is 0 Å². The van der Waals surface area contributed by atoms with Crippen LogP contribution in [0.4, 0.5) is 4.79 Å². The van der Waals surface area contributed by atoms with E-state index in [0.717, 1.165) is 11.1 Å². The summed E-state index contributed by atoms with van der Waals surface area (Å²) in [5.74, 6) is 3.98. The third kappa shape index (κ3) is 11.0. The summed E-state index contributed by atoms with van der Waals surface area (Å²) < 4.78 is 16.5. The lowest BCUT2D eigenvalue weighted by Crippen LogP contribution is -2.57. The van der Waals surface area contributed by atoms with E-state index in [2.05, 4.69) is 10.6 Å². The van der Waals surface area contributed by atoms with Crippen molar-refractivity contribution in [1.82, 2.24) is 16.1 Å². The van der Waals surface area contributed by atoms with Gasteiger partial charge < -0.3 is 24.8 Å². The highest BCUT2D eigenvalue weighted by atomic mass is 16.6. The second-order valence-corrected chi connectivity index (χ2v) is 8.77. The average molecular weight is 487 g/mol. The molecule has 0 unspecified atom stereocenters. The molecular formula is C25H34N4O6. The number of ether oxygens (including phenoxy) is 3. The molecule has 0 saturated heterocycles. The van der Waals surface area contributed by atoms with Crippen LogP contribution in [0.15, 0.2) is 60.7 Å². The summed E-state index contributed by atoms with van der Waals surface area (Å²) in [6.45, 7) is 5.31. The van der Waals surface area contributed by atoms with Crippen molar-refractivity contribution < 1.29 is 28.6 Å². The zero-order valence-electron chi connectivity index (χ0n) is 20.3. The number of alkyl carbamates (subject to hydrolysis) is 1. The molecule has 0 radical (unpaired) electrons. The minimum atomic E-state index is -1.13. The largest absolute Gasteiger partial charge is 0.444 e. The van der Waals surface area contributed by atoms with Gasteiger partial charge in [-0.2, -0.15) is 0 Å². The lowest BCUT2D eigenvalue weighted by atomic mass is 10.2. The molecule has 5 N–H and O–H groups in total. The maximum atomic E-state index is 13.0. The molecular weight excluding hydrogens is 452 g/mol. The maximum absolute atomic E-state index is 13.0. The summed E-state index contributed by atoms with van der Waals surface area (Å²) in [6.07, 6.45) is -0.791. The summed E-state index contributed by atoms with van der Waals surface area (Å²) in [5.41, 5.74) is 3.07. The first-order chi connectivity index (χ1) is 16.7. The second-order valence-electron chi connectivity index (χ2n) is 8.77. The van der Waals surface area contributed by atoms with Gasteiger partial charge in [0.05, 0.1) is 26.4 Å². The molecule has 0 saturated carbocycles. The number of hydrazine groups is 1. The van der Waals surface area contributed by atoms with Crippen molar-refractivity contribution in [2.75, 3.05) is 13.2 Å². The molecule has 2 aromatic carbocycles. The molecule has 2 rings (SSSR count). The van der Waals surface area contributed by atoms with Gasteiger partial charge in [-0.25, -0.2) is 10.6 Å². The predicted molar refractivity (Wildman–Crippen MR) is 130 cm³/mol. The Morgan fingerprint density at radius 2 is 1.23 bits per heavy atom. The molecule has 0 aliphatic rings. The van der Waals surface area contributed by atoms with Crippen LogP contribution in [0.2, 0.25) is 0 Å². The van der Waals surface area contributed by atoms with Crippen LogP contribution in [-0.2, 0) is 37.0 Å². The van der Waals surface area contributed by atoms with Crippen molar-refractivity contribution in [2.24, 2.45) is 5.84 Å². The van der Waals surface area contributed by atoms with Crippen molar-refractivity contribution >= 4 is 17.9 Å². The van der Waals surface area contributed by atoms with Gasteiger partial charge in [-0.05, 0) is 31.9 Å². The van der Waals surface area contributed by atoms with E-state index in [0.29, 0.717) is 0 Å². The normalized spacial score (nSPS) is 12.8. The number of nitrogens with two attached hydrogens (primary N) is 1. The summed E-state index contributed by atoms with van der Waals surface area (Å²) in [5, 5.41) is 5.07. The molecule has 0 aliphatic heterocycles. The Kier molecular flexibility index (Phi) is 11.1. The fourth-order valence-corrected chi connectivity index (χ4v) is 2.93. The molecule has 2 aromatic rings. The molecule has 0 aromatic heterocycles. The number of benzene rings is 2. The second kappa shape index (κ2) is 14.1. The molecule has 10 nitrogen and oxygen atoms in total. The fraction of sp³-hybridized carbons (Fsp3) is 0.400. The molecule has 0 heterocycles. The molecule has 0 spiro atoms. The van der Waals surface area contributed by atoms with Crippen molar-refractivity contribution in [1.29, 1.82) is 0 Å². The number of rotatable bonds is 12.